The molecule has 0 bridgehead atoms. The molecule has 1 aromatic carbocycles. The van der Waals surface area contributed by atoms with E-state index < -0.39 is 0 Å². The molecule has 1 saturated carbocycles. The van der Waals surface area contributed by atoms with Crippen LogP contribution in [0.4, 0.5) is 5.69 Å². The molecule has 0 aromatic heterocycles. The predicted molar refractivity (Wildman–Crippen MR) is 88.2 cm³/mol. The molecular weight excluding hydrogens is 260 g/mol. The fraction of sp³-hybridized carbons (Fsp3) is 0.667. The average molecular weight is 288 g/mol. The zero-order valence-electron chi connectivity index (χ0n) is 13.2. The molecular formula is C18H28N2O. The first-order valence-electron chi connectivity index (χ1n) is 8.52. The maximum Gasteiger partial charge on any atom is 0.142 e. The van der Waals surface area contributed by atoms with Gasteiger partial charge in [0, 0.05) is 19.1 Å². The highest BCUT2D eigenvalue weighted by Crippen LogP contribution is 2.33. The number of para-hydroxylation sites is 2. The van der Waals surface area contributed by atoms with Gasteiger partial charge in [-0.25, -0.2) is 0 Å². The average Bonchev–Trinajstić information content (AvgIpc) is 2.86. The van der Waals surface area contributed by atoms with E-state index >= 15 is 0 Å². The van der Waals surface area contributed by atoms with Gasteiger partial charge in [-0.3, -0.25) is 0 Å². The lowest BCUT2D eigenvalue weighted by Gasteiger charge is -2.32. The number of rotatable bonds is 3. The highest BCUT2D eigenvalue weighted by atomic mass is 16.5. The number of nitrogens with one attached hydrogen (secondary N) is 1. The van der Waals surface area contributed by atoms with Gasteiger partial charge in [0.05, 0.1) is 12.3 Å². The Bertz CT molecular complexity index is 449. The summed E-state index contributed by atoms with van der Waals surface area (Å²) in [6.07, 6.45) is 7.95. The van der Waals surface area contributed by atoms with Crippen molar-refractivity contribution in [1.29, 1.82) is 0 Å². The van der Waals surface area contributed by atoms with Gasteiger partial charge in [0.15, 0.2) is 0 Å². The molecule has 0 radical (unpaired) electrons. The van der Waals surface area contributed by atoms with E-state index in [1.54, 1.807) is 0 Å². The molecule has 1 aromatic rings. The topological polar surface area (TPSA) is 24.5 Å². The highest BCUT2D eigenvalue weighted by molar-refractivity contribution is 5.59. The Morgan fingerprint density at radius 2 is 2.00 bits per heavy atom. The van der Waals surface area contributed by atoms with E-state index in [-0.39, 0.29) is 0 Å². The second-order valence-corrected chi connectivity index (χ2v) is 6.41. The number of anilines is 1. The van der Waals surface area contributed by atoms with E-state index in [2.05, 4.69) is 41.5 Å². The molecule has 1 heterocycles. The molecule has 3 rings (SSSR count). The summed E-state index contributed by atoms with van der Waals surface area (Å²) >= 11 is 0. The molecule has 2 atom stereocenters. The van der Waals surface area contributed by atoms with E-state index in [1.165, 1.54) is 37.8 Å². The zero-order chi connectivity index (χ0) is 14.5. The standard InChI is InChI=1S/C18H28N2O/c1-19-16-9-4-2-3-8-15(16)14-20-12-7-13-21-18-11-6-5-10-17(18)20/h5-6,10-11,15-16,19H,2-4,7-9,12-14H2,1H3. The Balaban J connectivity index is 1.76. The summed E-state index contributed by atoms with van der Waals surface area (Å²) in [5, 5.41) is 3.57. The third kappa shape index (κ3) is 3.52. The maximum atomic E-state index is 5.89. The van der Waals surface area contributed by atoms with Crippen molar-refractivity contribution >= 4 is 5.69 Å². The largest absolute Gasteiger partial charge is 0.491 e. The predicted octanol–water partition coefficient (Wildman–Crippen LogP) is 3.44. The van der Waals surface area contributed by atoms with Gasteiger partial charge in [0.2, 0.25) is 0 Å². The summed E-state index contributed by atoms with van der Waals surface area (Å²) in [4.78, 5) is 2.56. The molecule has 116 valence electrons. The smallest absolute Gasteiger partial charge is 0.142 e. The summed E-state index contributed by atoms with van der Waals surface area (Å²) in [6, 6.07) is 9.19. The first-order chi connectivity index (χ1) is 10.4. The molecule has 1 aliphatic carbocycles. The Hall–Kier alpha value is -1.22. The Kier molecular flexibility index (Phi) is 5.02. The van der Waals surface area contributed by atoms with Gasteiger partial charge in [-0.2, -0.15) is 0 Å². The van der Waals surface area contributed by atoms with Crippen molar-refractivity contribution in [2.45, 2.75) is 44.6 Å². The molecule has 3 nitrogen and oxygen atoms in total. The monoisotopic (exact) mass is 288 g/mol. The second kappa shape index (κ2) is 7.17. The lowest BCUT2D eigenvalue weighted by molar-refractivity contribution is 0.321. The van der Waals surface area contributed by atoms with E-state index in [0.29, 0.717) is 6.04 Å². The maximum absolute atomic E-state index is 5.89. The van der Waals surface area contributed by atoms with Crippen LogP contribution < -0.4 is 15.0 Å². The van der Waals surface area contributed by atoms with Crippen LogP contribution in [0.15, 0.2) is 24.3 Å². The first-order valence-corrected chi connectivity index (χ1v) is 8.52. The van der Waals surface area contributed by atoms with Crippen molar-refractivity contribution < 1.29 is 4.74 Å². The van der Waals surface area contributed by atoms with Crippen LogP contribution in [0, 0.1) is 5.92 Å². The van der Waals surface area contributed by atoms with E-state index in [1.807, 2.05) is 0 Å². The summed E-state index contributed by atoms with van der Waals surface area (Å²) in [6.45, 7) is 3.11. The molecule has 2 unspecified atom stereocenters. The Morgan fingerprint density at radius 1 is 1.14 bits per heavy atom. The van der Waals surface area contributed by atoms with Crippen molar-refractivity contribution in [1.82, 2.24) is 5.32 Å². The van der Waals surface area contributed by atoms with Crippen LogP contribution in [-0.4, -0.2) is 32.8 Å². The zero-order valence-corrected chi connectivity index (χ0v) is 13.2. The Morgan fingerprint density at radius 3 is 2.90 bits per heavy atom. The molecule has 2 aliphatic rings. The van der Waals surface area contributed by atoms with Gasteiger partial charge in [-0.05, 0) is 44.4 Å². The lowest BCUT2D eigenvalue weighted by atomic mass is 9.94. The summed E-state index contributed by atoms with van der Waals surface area (Å²) in [5.74, 6) is 1.81. The number of ether oxygens (including phenoxy) is 1. The third-order valence-electron chi connectivity index (χ3n) is 5.02. The van der Waals surface area contributed by atoms with Crippen molar-refractivity contribution in [2.24, 2.45) is 5.92 Å². The van der Waals surface area contributed by atoms with Gasteiger partial charge in [0.1, 0.15) is 5.75 Å². The quantitative estimate of drug-likeness (QED) is 0.862. The second-order valence-electron chi connectivity index (χ2n) is 6.41. The van der Waals surface area contributed by atoms with Crippen LogP contribution in [0.25, 0.3) is 0 Å². The molecule has 0 spiro atoms. The van der Waals surface area contributed by atoms with Gasteiger partial charge in [0.25, 0.3) is 0 Å². The number of hydrogen-bond acceptors (Lipinski definition) is 3. The minimum Gasteiger partial charge on any atom is -0.491 e. The van der Waals surface area contributed by atoms with Crippen molar-refractivity contribution in [3.63, 3.8) is 0 Å². The molecule has 0 saturated heterocycles. The summed E-state index contributed by atoms with van der Waals surface area (Å²) in [5.41, 5.74) is 1.29. The minimum atomic E-state index is 0.670. The van der Waals surface area contributed by atoms with Crippen LogP contribution in [0.2, 0.25) is 0 Å². The first kappa shape index (κ1) is 14.7. The lowest BCUT2D eigenvalue weighted by Crippen LogP contribution is -2.40. The third-order valence-corrected chi connectivity index (χ3v) is 5.02. The van der Waals surface area contributed by atoms with Gasteiger partial charge < -0.3 is 15.0 Å². The number of fused-ring (bicyclic) bond motifs is 1. The van der Waals surface area contributed by atoms with Crippen LogP contribution in [0.3, 0.4) is 0 Å². The van der Waals surface area contributed by atoms with Crippen molar-refractivity contribution in [3.8, 4) is 5.75 Å². The molecule has 1 N–H and O–H groups in total. The number of nitrogens with zero attached hydrogens (tertiary/aromatic N) is 1. The van der Waals surface area contributed by atoms with E-state index in [0.717, 1.165) is 37.8 Å². The highest BCUT2D eigenvalue weighted by Gasteiger charge is 2.26. The molecule has 21 heavy (non-hydrogen) atoms. The molecule has 0 amide bonds. The van der Waals surface area contributed by atoms with Gasteiger partial charge >= 0.3 is 0 Å². The molecule has 1 fully saturated rings. The van der Waals surface area contributed by atoms with Crippen LogP contribution in [0.5, 0.6) is 5.75 Å². The van der Waals surface area contributed by atoms with Crippen LogP contribution in [-0.2, 0) is 0 Å². The van der Waals surface area contributed by atoms with Gasteiger partial charge in [-0.1, -0.05) is 31.4 Å². The number of hydrogen-bond donors (Lipinski definition) is 1. The summed E-state index contributed by atoms with van der Waals surface area (Å²) < 4.78 is 5.89. The van der Waals surface area contributed by atoms with Crippen molar-refractivity contribution in [2.75, 3.05) is 31.6 Å². The van der Waals surface area contributed by atoms with E-state index in [9.17, 15) is 0 Å². The Labute approximate surface area is 128 Å². The minimum absolute atomic E-state index is 0.670. The molecule has 1 aliphatic heterocycles. The number of benzene rings is 1. The normalized spacial score (nSPS) is 26.4. The SMILES string of the molecule is CNC1CCCCCC1CN1CCCOc2ccccc21. The van der Waals surface area contributed by atoms with Crippen molar-refractivity contribution in [3.05, 3.63) is 24.3 Å². The van der Waals surface area contributed by atoms with Crippen LogP contribution in [0.1, 0.15) is 38.5 Å². The summed E-state index contributed by atoms with van der Waals surface area (Å²) in [7, 11) is 2.13. The fourth-order valence-corrected chi connectivity index (χ4v) is 3.85. The van der Waals surface area contributed by atoms with Crippen LogP contribution >= 0.6 is 0 Å². The molecule has 3 heteroatoms. The fourth-order valence-electron chi connectivity index (χ4n) is 3.85. The van der Waals surface area contributed by atoms with Gasteiger partial charge in [-0.15, -0.1) is 0 Å². The van der Waals surface area contributed by atoms with E-state index in [4.69, 9.17) is 4.74 Å².